The molecule has 0 aliphatic heterocycles. The Morgan fingerprint density at radius 2 is 1.65 bits per heavy atom. The zero-order valence-corrected chi connectivity index (χ0v) is 11.4. The minimum atomic E-state index is -0.101. The Balaban J connectivity index is 2.37. The van der Waals surface area contributed by atoms with Crippen LogP contribution in [0.4, 0.5) is 0 Å². The Kier molecular flexibility index (Phi) is 4.14. The van der Waals surface area contributed by atoms with E-state index in [4.69, 9.17) is 14.2 Å². The van der Waals surface area contributed by atoms with Crippen LogP contribution in [0.15, 0.2) is 30.3 Å². The zero-order valence-electron chi connectivity index (χ0n) is 11.4. The molecule has 6 heteroatoms. The Morgan fingerprint density at radius 1 is 1.05 bits per heavy atom. The number of Topliss-reactive ketones (excluding diaryl/α,β-unsaturated/α-hetero) is 1. The number of ketones is 1. The first kappa shape index (κ1) is 13.8. The van der Waals surface area contributed by atoms with Crippen molar-refractivity contribution in [1.82, 2.24) is 9.97 Å². The lowest BCUT2D eigenvalue weighted by Gasteiger charge is -2.09. The average molecular weight is 274 g/mol. The predicted octanol–water partition coefficient (Wildman–Crippen LogP) is 2.49. The number of nitrogens with zero attached hydrogens (tertiary/aromatic N) is 2. The van der Waals surface area contributed by atoms with Crippen molar-refractivity contribution >= 4 is 5.78 Å². The summed E-state index contributed by atoms with van der Waals surface area (Å²) in [5.41, 5.74) is 0.456. The highest BCUT2D eigenvalue weighted by Gasteiger charge is 2.12. The minimum Gasteiger partial charge on any atom is -0.481 e. The van der Waals surface area contributed by atoms with Gasteiger partial charge in [-0.3, -0.25) is 4.79 Å². The number of hydrogen-bond acceptors (Lipinski definition) is 6. The first-order valence-corrected chi connectivity index (χ1v) is 5.89. The molecule has 0 saturated carbocycles. The summed E-state index contributed by atoms with van der Waals surface area (Å²) in [6.07, 6.45) is 0. The number of benzene rings is 1. The van der Waals surface area contributed by atoms with E-state index >= 15 is 0 Å². The Labute approximate surface area is 116 Å². The minimum absolute atomic E-state index is 0.0508. The largest absolute Gasteiger partial charge is 0.481 e. The van der Waals surface area contributed by atoms with Crippen LogP contribution in [0, 0.1) is 0 Å². The van der Waals surface area contributed by atoms with Crippen LogP contribution in [0.2, 0.25) is 0 Å². The summed E-state index contributed by atoms with van der Waals surface area (Å²) in [6, 6.07) is 8.45. The number of hydrogen-bond donors (Lipinski definition) is 0. The smallest absolute Gasteiger partial charge is 0.328 e. The van der Waals surface area contributed by atoms with Crippen molar-refractivity contribution in [2.45, 2.75) is 6.92 Å². The van der Waals surface area contributed by atoms with E-state index in [9.17, 15) is 4.79 Å². The highest BCUT2D eigenvalue weighted by molar-refractivity contribution is 5.96. The summed E-state index contributed by atoms with van der Waals surface area (Å²) in [4.78, 5) is 19.6. The van der Waals surface area contributed by atoms with E-state index in [1.165, 1.54) is 27.2 Å². The van der Waals surface area contributed by atoms with E-state index in [0.717, 1.165) is 0 Å². The Hall–Kier alpha value is -2.63. The third kappa shape index (κ3) is 3.03. The van der Waals surface area contributed by atoms with Gasteiger partial charge in [0.15, 0.2) is 5.78 Å². The van der Waals surface area contributed by atoms with Crippen molar-refractivity contribution in [3.63, 3.8) is 0 Å². The van der Waals surface area contributed by atoms with Crippen LogP contribution >= 0.6 is 0 Å². The highest BCUT2D eigenvalue weighted by Crippen LogP contribution is 2.26. The number of aromatic nitrogens is 2. The molecule has 0 aliphatic carbocycles. The van der Waals surface area contributed by atoms with Gasteiger partial charge in [-0.2, -0.15) is 9.97 Å². The van der Waals surface area contributed by atoms with E-state index in [-0.39, 0.29) is 11.8 Å². The molecule has 1 heterocycles. The SMILES string of the molecule is COc1cc(OC)nc(Oc2ccccc2C(C)=O)n1. The highest BCUT2D eigenvalue weighted by atomic mass is 16.5. The molecule has 2 aromatic rings. The molecule has 0 unspecified atom stereocenters. The second-order valence-corrected chi connectivity index (χ2v) is 3.89. The van der Waals surface area contributed by atoms with Gasteiger partial charge in [0.1, 0.15) is 5.75 Å². The van der Waals surface area contributed by atoms with E-state index in [0.29, 0.717) is 23.1 Å². The number of carbonyl (C=O) groups is 1. The van der Waals surface area contributed by atoms with E-state index in [1.54, 1.807) is 24.3 Å². The summed E-state index contributed by atoms with van der Waals surface area (Å²) in [7, 11) is 2.96. The maximum atomic E-state index is 11.5. The lowest BCUT2D eigenvalue weighted by atomic mass is 10.1. The maximum Gasteiger partial charge on any atom is 0.328 e. The van der Waals surface area contributed by atoms with Crippen molar-refractivity contribution in [1.29, 1.82) is 0 Å². The predicted molar refractivity (Wildman–Crippen MR) is 71.7 cm³/mol. The molecule has 0 atom stereocenters. The van der Waals surface area contributed by atoms with Crippen LogP contribution in [0.3, 0.4) is 0 Å². The van der Waals surface area contributed by atoms with Crippen molar-refractivity contribution in [3.8, 4) is 23.5 Å². The van der Waals surface area contributed by atoms with Crippen molar-refractivity contribution in [2.24, 2.45) is 0 Å². The van der Waals surface area contributed by atoms with Crippen LogP contribution in [0.1, 0.15) is 17.3 Å². The number of methoxy groups -OCH3 is 2. The number of para-hydroxylation sites is 1. The molecule has 104 valence electrons. The maximum absolute atomic E-state index is 11.5. The van der Waals surface area contributed by atoms with E-state index in [2.05, 4.69) is 9.97 Å². The lowest BCUT2D eigenvalue weighted by molar-refractivity contribution is 0.101. The molecular formula is C14H14N2O4. The fourth-order valence-corrected chi connectivity index (χ4v) is 1.58. The number of ether oxygens (including phenoxy) is 3. The van der Waals surface area contributed by atoms with Crippen molar-refractivity contribution < 1.29 is 19.0 Å². The Morgan fingerprint density at radius 3 is 2.20 bits per heavy atom. The second kappa shape index (κ2) is 6.01. The van der Waals surface area contributed by atoms with Crippen molar-refractivity contribution in [3.05, 3.63) is 35.9 Å². The van der Waals surface area contributed by atoms with Gasteiger partial charge in [-0.1, -0.05) is 12.1 Å². The number of carbonyl (C=O) groups excluding carboxylic acids is 1. The average Bonchev–Trinajstić information content (AvgIpc) is 2.47. The van der Waals surface area contributed by atoms with Gasteiger partial charge in [-0.25, -0.2) is 0 Å². The summed E-state index contributed by atoms with van der Waals surface area (Å²) in [6.45, 7) is 1.47. The molecule has 0 amide bonds. The molecule has 0 spiro atoms. The van der Waals surface area contributed by atoms with Crippen LogP contribution < -0.4 is 14.2 Å². The standard InChI is InChI=1S/C14H14N2O4/c1-9(17)10-6-4-5-7-11(10)20-14-15-12(18-2)8-13(16-14)19-3/h4-8H,1-3H3. The van der Waals surface area contributed by atoms with Crippen LogP contribution in [-0.2, 0) is 0 Å². The Bertz CT molecular complexity index is 606. The normalized spacial score (nSPS) is 9.95. The van der Waals surface area contributed by atoms with Gasteiger partial charge >= 0.3 is 6.01 Å². The third-order valence-corrected chi connectivity index (χ3v) is 2.54. The van der Waals surface area contributed by atoms with Gasteiger partial charge in [0, 0.05) is 0 Å². The van der Waals surface area contributed by atoms with Gasteiger partial charge in [-0.15, -0.1) is 0 Å². The van der Waals surface area contributed by atoms with E-state index in [1.807, 2.05) is 0 Å². The second-order valence-electron chi connectivity index (χ2n) is 3.89. The summed E-state index contributed by atoms with van der Waals surface area (Å²) in [5.74, 6) is 0.907. The van der Waals surface area contributed by atoms with Crippen molar-refractivity contribution in [2.75, 3.05) is 14.2 Å². The fourth-order valence-electron chi connectivity index (χ4n) is 1.58. The molecule has 1 aromatic heterocycles. The summed E-state index contributed by atoms with van der Waals surface area (Å²) < 4.78 is 15.6. The molecule has 1 aromatic carbocycles. The molecule has 0 bridgehead atoms. The van der Waals surface area contributed by atoms with Crippen LogP contribution in [0.5, 0.6) is 23.5 Å². The summed E-state index contributed by atoms with van der Waals surface area (Å²) in [5, 5.41) is 0. The topological polar surface area (TPSA) is 70.5 Å². The molecule has 0 N–H and O–H groups in total. The quantitative estimate of drug-likeness (QED) is 0.780. The molecule has 0 radical (unpaired) electrons. The molecule has 0 saturated heterocycles. The first-order valence-electron chi connectivity index (χ1n) is 5.89. The summed E-state index contributed by atoms with van der Waals surface area (Å²) >= 11 is 0. The molecule has 0 aliphatic rings. The van der Waals surface area contributed by atoms with Gasteiger partial charge < -0.3 is 14.2 Å². The van der Waals surface area contributed by atoms with Crippen LogP contribution in [0.25, 0.3) is 0 Å². The monoisotopic (exact) mass is 274 g/mol. The molecular weight excluding hydrogens is 260 g/mol. The van der Waals surface area contributed by atoms with Gasteiger partial charge in [0.2, 0.25) is 11.8 Å². The van der Waals surface area contributed by atoms with E-state index < -0.39 is 0 Å². The van der Waals surface area contributed by atoms with Gasteiger partial charge in [-0.05, 0) is 19.1 Å². The first-order chi connectivity index (χ1) is 9.63. The zero-order chi connectivity index (χ0) is 14.5. The molecule has 6 nitrogen and oxygen atoms in total. The van der Waals surface area contributed by atoms with Gasteiger partial charge in [0.05, 0.1) is 25.8 Å². The molecule has 20 heavy (non-hydrogen) atoms. The van der Waals surface area contributed by atoms with Gasteiger partial charge in [0.25, 0.3) is 0 Å². The van der Waals surface area contributed by atoms with Crippen LogP contribution in [-0.4, -0.2) is 30.0 Å². The molecule has 0 fully saturated rings. The lowest BCUT2D eigenvalue weighted by Crippen LogP contribution is -2.01. The molecule has 2 rings (SSSR count). The fraction of sp³-hybridized carbons (Fsp3) is 0.214. The number of rotatable bonds is 5. The third-order valence-electron chi connectivity index (χ3n) is 2.54.